The Hall–Kier alpha value is -4.59. The highest BCUT2D eigenvalue weighted by Gasteiger charge is 2.21. The number of carbonyl (C=O) groups is 3. The number of carbonyl (C=O) groups excluding carboxylic acids is 2. The lowest BCUT2D eigenvalue weighted by atomic mass is 10.1. The van der Waals surface area contributed by atoms with E-state index >= 15 is 0 Å². The van der Waals surface area contributed by atoms with Crippen molar-refractivity contribution in [2.75, 3.05) is 24.1 Å². The van der Waals surface area contributed by atoms with Crippen LogP contribution in [0.3, 0.4) is 0 Å². The lowest BCUT2D eigenvalue weighted by Gasteiger charge is -2.15. The molecule has 35 heavy (non-hydrogen) atoms. The van der Waals surface area contributed by atoms with E-state index in [0.29, 0.717) is 17.9 Å². The van der Waals surface area contributed by atoms with Gasteiger partial charge in [-0.05, 0) is 30.7 Å². The minimum absolute atomic E-state index is 0.0584. The van der Waals surface area contributed by atoms with Crippen molar-refractivity contribution in [2.24, 2.45) is 5.73 Å². The van der Waals surface area contributed by atoms with Gasteiger partial charge in [-0.15, -0.1) is 0 Å². The van der Waals surface area contributed by atoms with Crippen LogP contribution in [0.2, 0.25) is 0 Å². The smallest absolute Gasteiger partial charge is 0.326 e. The zero-order chi connectivity index (χ0) is 25.4. The molecule has 0 saturated heterocycles. The van der Waals surface area contributed by atoms with E-state index in [1.54, 1.807) is 12.1 Å². The highest BCUT2D eigenvalue weighted by molar-refractivity contribution is 5.97. The van der Waals surface area contributed by atoms with Crippen molar-refractivity contribution in [2.45, 2.75) is 25.4 Å². The maximum atomic E-state index is 12.5. The molecule has 0 saturated carbocycles. The van der Waals surface area contributed by atoms with Gasteiger partial charge >= 0.3 is 5.97 Å². The fraction of sp³-hybridized carbons (Fsp3) is 0.286. The van der Waals surface area contributed by atoms with Gasteiger partial charge in [-0.25, -0.2) is 14.8 Å². The van der Waals surface area contributed by atoms with Gasteiger partial charge < -0.3 is 37.6 Å². The molecule has 1 atom stereocenters. The number of aromatic hydroxyl groups is 1. The van der Waals surface area contributed by atoms with Gasteiger partial charge in [0.1, 0.15) is 6.04 Å². The number of fused-ring (bicyclic) bond motifs is 1. The van der Waals surface area contributed by atoms with Crippen LogP contribution in [0.25, 0.3) is 11.2 Å². The Labute approximate surface area is 199 Å². The Kier molecular flexibility index (Phi) is 8.24. The molecule has 3 aromatic rings. The molecule has 0 unspecified atom stereocenters. The number of benzene rings is 1. The quantitative estimate of drug-likeness (QED) is 0.180. The summed E-state index contributed by atoms with van der Waals surface area (Å²) in [5.74, 6) is -2.63. The average molecular weight is 483 g/mol. The molecule has 9 N–H and O–H groups in total. The maximum absolute atomic E-state index is 12.5. The van der Waals surface area contributed by atoms with E-state index in [-0.39, 0.29) is 60.4 Å². The van der Waals surface area contributed by atoms with Crippen LogP contribution >= 0.6 is 0 Å². The van der Waals surface area contributed by atoms with E-state index in [1.807, 2.05) is 0 Å². The van der Waals surface area contributed by atoms with E-state index in [9.17, 15) is 24.6 Å². The number of aromatic nitrogens is 4. The summed E-state index contributed by atoms with van der Waals surface area (Å²) in [7, 11) is 0. The molecular weight excluding hydrogens is 458 g/mol. The van der Waals surface area contributed by atoms with Crippen molar-refractivity contribution >= 4 is 40.6 Å². The third kappa shape index (κ3) is 6.94. The van der Waals surface area contributed by atoms with Crippen molar-refractivity contribution in [1.29, 1.82) is 0 Å². The number of carboxylic acids is 1. The van der Waals surface area contributed by atoms with Gasteiger partial charge in [-0.2, -0.15) is 9.97 Å². The van der Waals surface area contributed by atoms with Crippen LogP contribution in [0.5, 0.6) is 5.88 Å². The number of aliphatic carboxylic acids is 1. The first-order valence-electron chi connectivity index (χ1n) is 10.6. The van der Waals surface area contributed by atoms with Crippen LogP contribution in [-0.2, 0) is 16.1 Å². The first kappa shape index (κ1) is 25.0. The largest absolute Gasteiger partial charge is 0.492 e. The Balaban J connectivity index is 1.56. The second-order valence-electron chi connectivity index (χ2n) is 7.41. The van der Waals surface area contributed by atoms with E-state index in [1.165, 1.54) is 18.3 Å². The van der Waals surface area contributed by atoms with Gasteiger partial charge in [-0.3, -0.25) is 9.59 Å². The monoisotopic (exact) mass is 483 g/mol. The first-order chi connectivity index (χ1) is 16.8. The Bertz CT molecular complexity index is 1220. The Morgan fingerprint density at radius 3 is 2.51 bits per heavy atom. The van der Waals surface area contributed by atoms with Crippen molar-refractivity contribution in [3.05, 3.63) is 41.7 Å². The van der Waals surface area contributed by atoms with Crippen LogP contribution in [0, 0.1) is 0 Å². The molecule has 0 aliphatic rings. The predicted octanol–water partition coefficient (Wildman–Crippen LogP) is -0.642. The molecule has 0 fully saturated rings. The number of amides is 2. The topological polar surface area (TPSA) is 231 Å². The van der Waals surface area contributed by atoms with E-state index in [2.05, 4.69) is 35.9 Å². The zero-order valence-electron chi connectivity index (χ0n) is 18.6. The number of nitrogens with two attached hydrogens (primary N) is 2. The first-order valence-corrected chi connectivity index (χ1v) is 10.6. The van der Waals surface area contributed by atoms with Gasteiger partial charge in [0.15, 0.2) is 11.2 Å². The fourth-order valence-corrected chi connectivity index (χ4v) is 3.04. The number of nitrogen functional groups attached to an aromatic ring is 1. The number of hydrogen-bond acceptors (Lipinski definition) is 11. The van der Waals surface area contributed by atoms with Crippen LogP contribution in [0.1, 0.15) is 28.9 Å². The molecule has 0 radical (unpaired) electrons. The molecule has 0 spiro atoms. The van der Waals surface area contributed by atoms with Crippen LogP contribution in [0.15, 0.2) is 30.5 Å². The molecule has 184 valence electrons. The zero-order valence-corrected chi connectivity index (χ0v) is 18.6. The van der Waals surface area contributed by atoms with Crippen LogP contribution in [-0.4, -0.2) is 67.1 Å². The van der Waals surface area contributed by atoms with Crippen LogP contribution in [0.4, 0.5) is 11.6 Å². The summed E-state index contributed by atoms with van der Waals surface area (Å²) in [6.45, 7) is 0.827. The number of nitrogens with zero attached hydrogens (tertiary/aromatic N) is 4. The number of nitrogens with one attached hydrogen (secondary N) is 3. The van der Waals surface area contributed by atoms with Crippen molar-refractivity contribution in [3.63, 3.8) is 0 Å². The number of hydrogen-bond donors (Lipinski definition) is 7. The SMILES string of the molecule is NCCNC(=O)CC[C@H](NC(=O)c1ccc(NCc2cnc3nc(N)nc(O)c3n2)cc1)C(=O)O. The second kappa shape index (κ2) is 11.5. The molecular formula is C21H25N9O5. The fourth-order valence-electron chi connectivity index (χ4n) is 3.04. The highest BCUT2D eigenvalue weighted by Crippen LogP contribution is 2.19. The summed E-state index contributed by atoms with van der Waals surface area (Å²) in [4.78, 5) is 51.5. The van der Waals surface area contributed by atoms with Gasteiger partial charge in [0, 0.05) is 30.8 Å². The molecule has 2 aromatic heterocycles. The second-order valence-corrected chi connectivity index (χ2v) is 7.41. The molecule has 3 rings (SSSR count). The van der Waals surface area contributed by atoms with Crippen LogP contribution < -0.4 is 27.4 Å². The Morgan fingerprint density at radius 2 is 1.83 bits per heavy atom. The normalized spacial score (nSPS) is 11.6. The minimum atomic E-state index is -1.24. The summed E-state index contributed by atoms with van der Waals surface area (Å²) >= 11 is 0. The summed E-state index contributed by atoms with van der Waals surface area (Å²) < 4.78 is 0. The molecule has 0 aliphatic heterocycles. The van der Waals surface area contributed by atoms with E-state index < -0.39 is 17.9 Å². The van der Waals surface area contributed by atoms with E-state index in [4.69, 9.17) is 11.5 Å². The molecule has 14 nitrogen and oxygen atoms in total. The molecule has 0 bridgehead atoms. The molecule has 2 heterocycles. The van der Waals surface area contributed by atoms with Crippen molar-refractivity contribution < 1.29 is 24.6 Å². The van der Waals surface area contributed by atoms with Gasteiger partial charge in [0.2, 0.25) is 17.7 Å². The molecule has 2 amide bonds. The Morgan fingerprint density at radius 1 is 1.09 bits per heavy atom. The number of carboxylic acid groups (broad SMARTS) is 1. The van der Waals surface area contributed by atoms with Crippen molar-refractivity contribution in [1.82, 2.24) is 30.6 Å². The summed E-state index contributed by atoms with van der Waals surface area (Å²) in [5, 5.41) is 27.3. The summed E-state index contributed by atoms with van der Waals surface area (Å²) in [5.41, 5.74) is 12.5. The third-order valence-electron chi connectivity index (χ3n) is 4.81. The highest BCUT2D eigenvalue weighted by atomic mass is 16.4. The number of rotatable bonds is 11. The molecule has 14 heteroatoms. The lowest BCUT2D eigenvalue weighted by molar-refractivity contribution is -0.139. The predicted molar refractivity (Wildman–Crippen MR) is 125 cm³/mol. The lowest BCUT2D eigenvalue weighted by Crippen LogP contribution is -2.41. The van der Waals surface area contributed by atoms with Gasteiger partial charge in [-0.1, -0.05) is 0 Å². The van der Waals surface area contributed by atoms with Gasteiger partial charge in [0.05, 0.1) is 18.4 Å². The third-order valence-corrected chi connectivity index (χ3v) is 4.81. The standard InChI is InChI=1S/C21H25N9O5/c22-7-8-24-15(31)6-5-14(20(34)35)28-18(32)11-1-3-12(4-2-11)25-9-13-10-26-17-16(27-13)19(33)30-21(23)29-17/h1-4,10,14,25H,5-9,22H2,(H,24,31)(H,28,32)(H,34,35)(H3,23,26,29,30,33)/t14-/m0/s1. The van der Waals surface area contributed by atoms with Crippen molar-refractivity contribution in [3.8, 4) is 5.88 Å². The van der Waals surface area contributed by atoms with E-state index in [0.717, 1.165) is 0 Å². The minimum Gasteiger partial charge on any atom is -0.492 e. The summed E-state index contributed by atoms with van der Waals surface area (Å²) in [6.07, 6.45) is 1.36. The molecule has 0 aliphatic carbocycles. The summed E-state index contributed by atoms with van der Waals surface area (Å²) in [6, 6.07) is 5.12. The van der Waals surface area contributed by atoms with Gasteiger partial charge in [0.25, 0.3) is 5.91 Å². The number of anilines is 2. The molecule has 1 aromatic carbocycles. The maximum Gasteiger partial charge on any atom is 0.326 e. The average Bonchev–Trinajstić information content (AvgIpc) is 2.84.